The average Bonchev–Trinajstić information content (AvgIpc) is 2.66. The monoisotopic (exact) mass is 236 g/mol. The third-order valence-corrected chi connectivity index (χ3v) is 2.99. The van der Waals surface area contributed by atoms with E-state index in [0.717, 1.165) is 0 Å². The van der Waals surface area contributed by atoms with E-state index in [4.69, 9.17) is 15.2 Å². The first kappa shape index (κ1) is 11.7. The standard InChI is InChI=1S/C12H16N2O3/c1-12(7-13)8-17-11(15)14(12)9-5-3-4-6-10(9)16-2/h3-6H,7-8,13H2,1-2H3. The van der Waals surface area contributed by atoms with Gasteiger partial charge in [-0.1, -0.05) is 12.1 Å². The van der Waals surface area contributed by atoms with Crippen molar-refractivity contribution in [2.45, 2.75) is 12.5 Å². The van der Waals surface area contributed by atoms with Crippen molar-refractivity contribution in [2.24, 2.45) is 5.73 Å². The summed E-state index contributed by atoms with van der Waals surface area (Å²) in [5, 5.41) is 0. The molecule has 2 rings (SSSR count). The number of carbonyl (C=O) groups is 1. The zero-order chi connectivity index (χ0) is 12.5. The number of hydrogen-bond acceptors (Lipinski definition) is 4. The van der Waals surface area contributed by atoms with Crippen LogP contribution in [0.1, 0.15) is 6.92 Å². The topological polar surface area (TPSA) is 64.8 Å². The number of ether oxygens (including phenoxy) is 2. The second-order valence-corrected chi connectivity index (χ2v) is 4.26. The minimum absolute atomic E-state index is 0.292. The third-order valence-electron chi connectivity index (χ3n) is 2.99. The largest absolute Gasteiger partial charge is 0.495 e. The number of carbonyl (C=O) groups excluding carboxylic acids is 1. The summed E-state index contributed by atoms with van der Waals surface area (Å²) in [6.45, 7) is 2.52. The number of nitrogens with two attached hydrogens (primary N) is 1. The summed E-state index contributed by atoms with van der Waals surface area (Å²) in [5.41, 5.74) is 5.90. The molecule has 1 unspecified atom stereocenters. The molecule has 5 nitrogen and oxygen atoms in total. The van der Waals surface area contributed by atoms with E-state index < -0.39 is 5.54 Å². The lowest BCUT2D eigenvalue weighted by Crippen LogP contribution is -2.50. The predicted molar refractivity (Wildman–Crippen MR) is 64.3 cm³/mol. The van der Waals surface area contributed by atoms with E-state index in [-0.39, 0.29) is 6.09 Å². The predicted octanol–water partition coefficient (Wildman–Crippen LogP) is 1.37. The number of para-hydroxylation sites is 2. The van der Waals surface area contributed by atoms with Gasteiger partial charge in [0.05, 0.1) is 18.3 Å². The Bertz CT molecular complexity index is 436. The highest BCUT2D eigenvalue weighted by atomic mass is 16.6. The molecule has 1 aromatic rings. The molecule has 0 bridgehead atoms. The van der Waals surface area contributed by atoms with Gasteiger partial charge in [-0.2, -0.15) is 0 Å². The van der Waals surface area contributed by atoms with Gasteiger partial charge in [0, 0.05) is 6.54 Å². The van der Waals surface area contributed by atoms with Crippen LogP contribution in [0.25, 0.3) is 0 Å². The number of benzene rings is 1. The first-order valence-electron chi connectivity index (χ1n) is 5.42. The van der Waals surface area contributed by atoms with E-state index in [2.05, 4.69) is 0 Å². The molecule has 1 heterocycles. The van der Waals surface area contributed by atoms with Gasteiger partial charge in [0.25, 0.3) is 0 Å². The van der Waals surface area contributed by atoms with Crippen molar-refractivity contribution in [3.8, 4) is 5.75 Å². The summed E-state index contributed by atoms with van der Waals surface area (Å²) in [5.74, 6) is 0.631. The molecule has 17 heavy (non-hydrogen) atoms. The Hall–Kier alpha value is -1.75. The Kier molecular flexibility index (Phi) is 2.93. The highest BCUT2D eigenvalue weighted by Crippen LogP contribution is 2.36. The van der Waals surface area contributed by atoms with E-state index in [1.807, 2.05) is 25.1 Å². The number of methoxy groups -OCH3 is 1. The Morgan fingerprint density at radius 2 is 2.24 bits per heavy atom. The Morgan fingerprint density at radius 3 is 2.88 bits per heavy atom. The highest BCUT2D eigenvalue weighted by molar-refractivity contribution is 5.93. The minimum Gasteiger partial charge on any atom is -0.495 e. The third kappa shape index (κ3) is 1.82. The second-order valence-electron chi connectivity index (χ2n) is 4.26. The smallest absolute Gasteiger partial charge is 0.415 e. The van der Waals surface area contributed by atoms with Gasteiger partial charge in [-0.25, -0.2) is 4.79 Å². The summed E-state index contributed by atoms with van der Waals surface area (Å²) in [6, 6.07) is 7.32. The van der Waals surface area contributed by atoms with E-state index in [9.17, 15) is 4.79 Å². The van der Waals surface area contributed by atoms with Crippen LogP contribution in [0, 0.1) is 0 Å². The molecule has 0 spiro atoms. The number of rotatable bonds is 3. The average molecular weight is 236 g/mol. The van der Waals surface area contributed by atoms with Crippen LogP contribution in [0.3, 0.4) is 0 Å². The van der Waals surface area contributed by atoms with Crippen LogP contribution in [0.2, 0.25) is 0 Å². The van der Waals surface area contributed by atoms with Gasteiger partial charge in [0.15, 0.2) is 0 Å². The molecular weight excluding hydrogens is 220 g/mol. The maximum Gasteiger partial charge on any atom is 0.415 e. The molecule has 0 radical (unpaired) electrons. The molecule has 0 saturated carbocycles. The molecule has 0 aromatic heterocycles. The van der Waals surface area contributed by atoms with Crippen molar-refractivity contribution in [3.05, 3.63) is 24.3 Å². The molecular formula is C12H16N2O3. The molecule has 1 aliphatic heterocycles. The van der Waals surface area contributed by atoms with Gasteiger partial charge in [-0.05, 0) is 19.1 Å². The zero-order valence-corrected chi connectivity index (χ0v) is 9.97. The maximum atomic E-state index is 11.8. The van der Waals surface area contributed by atoms with Crippen LogP contribution in [-0.2, 0) is 4.74 Å². The lowest BCUT2D eigenvalue weighted by Gasteiger charge is -2.31. The molecule has 1 saturated heterocycles. The van der Waals surface area contributed by atoms with Crippen LogP contribution in [0.15, 0.2) is 24.3 Å². The van der Waals surface area contributed by atoms with E-state index in [1.54, 1.807) is 18.1 Å². The van der Waals surface area contributed by atoms with Crippen molar-refractivity contribution in [2.75, 3.05) is 25.2 Å². The lowest BCUT2D eigenvalue weighted by atomic mass is 10.0. The normalized spacial score (nSPS) is 23.7. The van der Waals surface area contributed by atoms with Gasteiger partial charge >= 0.3 is 6.09 Å². The minimum atomic E-state index is -0.522. The second kappa shape index (κ2) is 4.25. The Morgan fingerprint density at radius 1 is 1.53 bits per heavy atom. The van der Waals surface area contributed by atoms with E-state index >= 15 is 0 Å². The summed E-state index contributed by atoms with van der Waals surface area (Å²) < 4.78 is 10.3. The highest BCUT2D eigenvalue weighted by Gasteiger charge is 2.44. The summed E-state index contributed by atoms with van der Waals surface area (Å²) in [7, 11) is 1.57. The zero-order valence-electron chi connectivity index (χ0n) is 9.97. The number of anilines is 1. The van der Waals surface area contributed by atoms with Gasteiger partial charge in [0.1, 0.15) is 12.4 Å². The fourth-order valence-corrected chi connectivity index (χ4v) is 1.92. The molecule has 1 fully saturated rings. The number of nitrogens with zero attached hydrogens (tertiary/aromatic N) is 1. The fraction of sp³-hybridized carbons (Fsp3) is 0.417. The quantitative estimate of drug-likeness (QED) is 0.860. The van der Waals surface area contributed by atoms with Crippen LogP contribution in [0.5, 0.6) is 5.75 Å². The van der Waals surface area contributed by atoms with Crippen LogP contribution in [0.4, 0.5) is 10.5 Å². The molecule has 0 aliphatic carbocycles. The number of amides is 1. The van der Waals surface area contributed by atoms with Crippen LogP contribution in [-0.4, -0.2) is 31.9 Å². The van der Waals surface area contributed by atoms with E-state index in [1.165, 1.54) is 0 Å². The Labute approximate surface area is 100 Å². The molecule has 5 heteroatoms. The molecule has 1 atom stereocenters. The van der Waals surface area contributed by atoms with Crippen molar-refractivity contribution in [1.29, 1.82) is 0 Å². The number of cyclic esters (lactones) is 1. The molecule has 1 amide bonds. The van der Waals surface area contributed by atoms with Gasteiger partial charge in [0.2, 0.25) is 0 Å². The SMILES string of the molecule is COc1ccccc1N1C(=O)OCC1(C)CN. The van der Waals surface area contributed by atoms with Crippen molar-refractivity contribution >= 4 is 11.8 Å². The molecule has 2 N–H and O–H groups in total. The molecule has 1 aromatic carbocycles. The summed E-state index contributed by atoms with van der Waals surface area (Å²) in [4.78, 5) is 13.4. The van der Waals surface area contributed by atoms with E-state index in [0.29, 0.717) is 24.6 Å². The molecule has 1 aliphatic rings. The maximum absolute atomic E-state index is 11.8. The number of hydrogen-bond donors (Lipinski definition) is 1. The Balaban J connectivity index is 2.47. The fourth-order valence-electron chi connectivity index (χ4n) is 1.92. The lowest BCUT2D eigenvalue weighted by molar-refractivity contribution is 0.174. The summed E-state index contributed by atoms with van der Waals surface area (Å²) >= 11 is 0. The van der Waals surface area contributed by atoms with Crippen LogP contribution < -0.4 is 15.4 Å². The van der Waals surface area contributed by atoms with Crippen molar-refractivity contribution in [1.82, 2.24) is 0 Å². The van der Waals surface area contributed by atoms with Crippen molar-refractivity contribution < 1.29 is 14.3 Å². The first-order valence-corrected chi connectivity index (χ1v) is 5.42. The molecule has 92 valence electrons. The van der Waals surface area contributed by atoms with Crippen molar-refractivity contribution in [3.63, 3.8) is 0 Å². The first-order chi connectivity index (χ1) is 8.12. The summed E-state index contributed by atoms with van der Waals surface area (Å²) in [6.07, 6.45) is -0.387. The van der Waals surface area contributed by atoms with Gasteiger partial charge in [-0.3, -0.25) is 4.90 Å². The van der Waals surface area contributed by atoms with Gasteiger partial charge in [-0.15, -0.1) is 0 Å². The van der Waals surface area contributed by atoms with Crippen LogP contribution >= 0.6 is 0 Å². The van der Waals surface area contributed by atoms with Gasteiger partial charge < -0.3 is 15.2 Å².